The van der Waals surface area contributed by atoms with E-state index in [1.54, 1.807) is 0 Å². The van der Waals surface area contributed by atoms with Crippen LogP contribution < -0.4 is 10.6 Å². The summed E-state index contributed by atoms with van der Waals surface area (Å²) in [6.45, 7) is 4.73. The Hall–Kier alpha value is -4.99. The first-order valence-electron chi connectivity index (χ1n) is 15.0. The minimum atomic E-state index is -0.253. The monoisotopic (exact) mass is 555 g/mol. The van der Waals surface area contributed by atoms with Crippen LogP contribution in [0.25, 0.3) is 33.0 Å². The molecular weight excluding hydrogens is 522 g/mol. The topological polar surface area (TPSA) is 36.4 Å². The van der Waals surface area contributed by atoms with Gasteiger partial charge < -0.3 is 5.32 Å². The Morgan fingerprint density at radius 2 is 1.26 bits per heavy atom. The highest BCUT2D eigenvalue weighted by atomic mass is 15.3. The quantitative estimate of drug-likeness (QED) is 0.228. The molecule has 0 bridgehead atoms. The van der Waals surface area contributed by atoms with E-state index in [4.69, 9.17) is 4.99 Å². The van der Waals surface area contributed by atoms with Gasteiger partial charge in [-0.1, -0.05) is 141 Å². The van der Waals surface area contributed by atoms with Crippen molar-refractivity contribution >= 4 is 16.6 Å². The molecule has 1 aliphatic heterocycles. The van der Waals surface area contributed by atoms with Gasteiger partial charge in [0.15, 0.2) is 0 Å². The average Bonchev–Trinajstić information content (AvgIpc) is 3.30. The summed E-state index contributed by atoms with van der Waals surface area (Å²) in [6.07, 6.45) is -0.347. The van der Waals surface area contributed by atoms with Gasteiger partial charge in [0, 0.05) is 16.5 Å². The molecule has 1 aliphatic carbocycles. The average molecular weight is 556 g/mol. The third kappa shape index (κ3) is 4.28. The first-order valence-corrected chi connectivity index (χ1v) is 15.0. The highest BCUT2D eigenvalue weighted by Gasteiger charge is 2.40. The molecule has 1 heterocycles. The van der Waals surface area contributed by atoms with E-state index in [2.05, 4.69) is 164 Å². The minimum Gasteiger partial charge on any atom is -0.350 e. The zero-order chi connectivity index (χ0) is 29.0. The third-order valence-corrected chi connectivity index (χ3v) is 9.15. The Balaban J connectivity index is 1.37. The van der Waals surface area contributed by atoms with Gasteiger partial charge in [-0.3, -0.25) is 5.32 Å². The van der Waals surface area contributed by atoms with E-state index in [-0.39, 0.29) is 17.7 Å². The van der Waals surface area contributed by atoms with Gasteiger partial charge in [0.2, 0.25) is 0 Å². The van der Waals surface area contributed by atoms with E-state index in [0.29, 0.717) is 0 Å². The number of hydrogen-bond acceptors (Lipinski definition) is 3. The number of rotatable bonds is 4. The standard InChI is InChI=1S/C40H33N3/c1-40(2)33-24-29(26-14-6-3-7-15-26)22-23-32(33)35-34(40)25-30-20-12-13-21-31(30)36(35)39-42-37(27-16-8-4-9-17-27)41-38(43-39)28-18-10-5-11-19-28/h3-25,37,39,42H,1-2H3,(H,41,43). The van der Waals surface area contributed by atoms with Crippen LogP contribution in [0, 0.1) is 0 Å². The van der Waals surface area contributed by atoms with Crippen LogP contribution in [-0.2, 0) is 5.41 Å². The number of benzene rings is 6. The maximum Gasteiger partial charge on any atom is 0.131 e. The lowest BCUT2D eigenvalue weighted by atomic mass is 9.80. The Labute approximate surface area is 253 Å². The molecule has 2 atom stereocenters. The van der Waals surface area contributed by atoms with Gasteiger partial charge in [0.25, 0.3) is 0 Å². The van der Waals surface area contributed by atoms with Crippen LogP contribution in [0.3, 0.4) is 0 Å². The van der Waals surface area contributed by atoms with Crippen molar-refractivity contribution in [2.75, 3.05) is 0 Å². The zero-order valence-electron chi connectivity index (χ0n) is 24.4. The maximum atomic E-state index is 5.41. The van der Waals surface area contributed by atoms with Gasteiger partial charge in [-0.25, -0.2) is 4.99 Å². The fourth-order valence-electron chi connectivity index (χ4n) is 6.94. The molecule has 43 heavy (non-hydrogen) atoms. The Kier molecular flexibility index (Phi) is 6.02. The Bertz CT molecular complexity index is 1990. The van der Waals surface area contributed by atoms with E-state index in [1.165, 1.54) is 55.3 Å². The second-order valence-electron chi connectivity index (χ2n) is 12.1. The molecule has 0 spiro atoms. The summed E-state index contributed by atoms with van der Waals surface area (Å²) in [5.74, 6) is 0.900. The molecule has 208 valence electrons. The van der Waals surface area contributed by atoms with Crippen molar-refractivity contribution in [2.24, 2.45) is 4.99 Å². The minimum absolute atomic E-state index is 0.0946. The Morgan fingerprint density at radius 3 is 2.00 bits per heavy atom. The molecule has 6 aromatic carbocycles. The molecule has 0 amide bonds. The van der Waals surface area contributed by atoms with Gasteiger partial charge in [0.05, 0.1) is 0 Å². The van der Waals surface area contributed by atoms with Crippen molar-refractivity contribution < 1.29 is 0 Å². The molecule has 2 aliphatic rings. The van der Waals surface area contributed by atoms with Gasteiger partial charge in [-0.15, -0.1) is 0 Å². The zero-order valence-corrected chi connectivity index (χ0v) is 24.4. The summed E-state index contributed by atoms with van der Waals surface area (Å²) in [5.41, 5.74) is 11.2. The molecule has 3 heteroatoms. The maximum absolute atomic E-state index is 5.41. The van der Waals surface area contributed by atoms with E-state index < -0.39 is 0 Å². The van der Waals surface area contributed by atoms with Gasteiger partial charge in [-0.05, 0) is 61.8 Å². The molecule has 3 nitrogen and oxygen atoms in total. The lowest BCUT2D eigenvalue weighted by Crippen LogP contribution is -2.45. The number of nitrogens with one attached hydrogen (secondary N) is 2. The number of hydrogen-bond donors (Lipinski definition) is 2. The Morgan fingerprint density at radius 1 is 0.605 bits per heavy atom. The number of nitrogens with zero attached hydrogens (tertiary/aromatic N) is 1. The van der Waals surface area contributed by atoms with Crippen LogP contribution in [0.15, 0.2) is 145 Å². The summed E-state index contributed by atoms with van der Waals surface area (Å²) >= 11 is 0. The van der Waals surface area contributed by atoms with E-state index in [9.17, 15) is 0 Å². The second-order valence-corrected chi connectivity index (χ2v) is 12.1. The predicted molar refractivity (Wildman–Crippen MR) is 178 cm³/mol. The highest BCUT2D eigenvalue weighted by molar-refractivity contribution is 6.01. The summed E-state index contributed by atoms with van der Waals surface area (Å²) < 4.78 is 0. The fourth-order valence-corrected chi connectivity index (χ4v) is 6.94. The van der Waals surface area contributed by atoms with Crippen molar-refractivity contribution in [2.45, 2.75) is 31.6 Å². The predicted octanol–water partition coefficient (Wildman–Crippen LogP) is 9.15. The molecule has 2 unspecified atom stereocenters. The summed E-state index contributed by atoms with van der Waals surface area (Å²) in [5, 5.41) is 10.1. The molecule has 0 saturated heterocycles. The first-order chi connectivity index (χ1) is 21.1. The number of amidine groups is 1. The van der Waals surface area contributed by atoms with Crippen molar-refractivity contribution in [3.05, 3.63) is 167 Å². The van der Waals surface area contributed by atoms with Gasteiger partial charge in [-0.2, -0.15) is 0 Å². The van der Waals surface area contributed by atoms with Gasteiger partial charge in [0.1, 0.15) is 18.2 Å². The van der Waals surface area contributed by atoms with Crippen molar-refractivity contribution in [3.63, 3.8) is 0 Å². The van der Waals surface area contributed by atoms with Crippen molar-refractivity contribution in [3.8, 4) is 22.3 Å². The van der Waals surface area contributed by atoms with Crippen LogP contribution in [0.2, 0.25) is 0 Å². The molecule has 0 aromatic heterocycles. The van der Waals surface area contributed by atoms with Crippen molar-refractivity contribution in [1.82, 2.24) is 10.6 Å². The van der Waals surface area contributed by atoms with Crippen molar-refractivity contribution in [1.29, 1.82) is 0 Å². The molecule has 2 N–H and O–H groups in total. The van der Waals surface area contributed by atoms with Crippen LogP contribution in [0.1, 0.15) is 54.0 Å². The fraction of sp³-hybridized carbons (Fsp3) is 0.125. The van der Waals surface area contributed by atoms with E-state index >= 15 is 0 Å². The molecule has 0 saturated carbocycles. The molecule has 6 aromatic rings. The SMILES string of the molecule is CC1(C)c2cc(-c3ccccc3)ccc2-c2c1cc1ccccc1c2C1N=C(c2ccccc2)NC(c2ccccc2)N1. The largest absolute Gasteiger partial charge is 0.350 e. The lowest BCUT2D eigenvalue weighted by molar-refractivity contribution is 0.411. The highest BCUT2D eigenvalue weighted by Crippen LogP contribution is 2.54. The number of fused-ring (bicyclic) bond motifs is 4. The number of aliphatic imine (C=N–C) groups is 1. The summed E-state index contributed by atoms with van der Waals surface area (Å²) in [7, 11) is 0. The van der Waals surface area contributed by atoms with Gasteiger partial charge >= 0.3 is 0 Å². The van der Waals surface area contributed by atoms with Crippen LogP contribution >= 0.6 is 0 Å². The third-order valence-electron chi connectivity index (χ3n) is 9.15. The van der Waals surface area contributed by atoms with Crippen LogP contribution in [0.4, 0.5) is 0 Å². The van der Waals surface area contributed by atoms with Crippen LogP contribution in [-0.4, -0.2) is 5.84 Å². The van der Waals surface area contributed by atoms with Crippen LogP contribution in [0.5, 0.6) is 0 Å². The first kappa shape index (κ1) is 25.7. The molecule has 8 rings (SSSR count). The molecule has 0 radical (unpaired) electrons. The smallest absolute Gasteiger partial charge is 0.131 e. The normalized spacial score (nSPS) is 18.4. The summed E-state index contributed by atoms with van der Waals surface area (Å²) in [4.78, 5) is 5.41. The summed E-state index contributed by atoms with van der Waals surface area (Å²) in [6, 6.07) is 50.0. The second kappa shape index (κ2) is 10.1. The molecule has 0 fully saturated rings. The molecular formula is C40H33N3. The lowest BCUT2D eigenvalue weighted by Gasteiger charge is -2.34. The van der Waals surface area contributed by atoms with E-state index in [1.807, 2.05) is 0 Å². The van der Waals surface area contributed by atoms with E-state index in [0.717, 1.165) is 11.4 Å².